The molecule has 3 aliphatic rings. The van der Waals surface area contributed by atoms with Crippen LogP contribution in [0.2, 0.25) is 0 Å². The average Bonchev–Trinajstić information content (AvgIpc) is 3.29. The Morgan fingerprint density at radius 1 is 0.979 bits per heavy atom. The highest BCUT2D eigenvalue weighted by Crippen LogP contribution is 2.62. The van der Waals surface area contributed by atoms with Crippen LogP contribution < -0.4 is 21.3 Å². The van der Waals surface area contributed by atoms with Crippen molar-refractivity contribution in [3.8, 4) is 37.0 Å². The number of terminal acetylenes is 3. The molecule has 3 fully saturated rings. The van der Waals surface area contributed by atoms with Gasteiger partial charge in [-0.15, -0.1) is 37.0 Å². The summed E-state index contributed by atoms with van der Waals surface area (Å²) in [6, 6.07) is -2.98. The van der Waals surface area contributed by atoms with Gasteiger partial charge in [0.2, 0.25) is 17.6 Å². The molecule has 0 bridgehead atoms. The Labute approximate surface area is 285 Å². The lowest BCUT2D eigenvalue weighted by atomic mass is 9.83. The van der Waals surface area contributed by atoms with E-state index in [1.165, 1.54) is 4.90 Å². The molecule has 3 rings (SSSR count). The third-order valence-corrected chi connectivity index (χ3v) is 11.4. The van der Waals surface area contributed by atoms with Gasteiger partial charge in [0.1, 0.15) is 21.4 Å². The fraction of sp³-hybridized carbons (Fsp3) is 0.686. The molecule has 5 atom stereocenters. The number of hydrogen-bond acceptors (Lipinski definition) is 7. The van der Waals surface area contributed by atoms with Crippen molar-refractivity contribution in [2.75, 3.05) is 25.1 Å². The minimum Gasteiger partial charge on any atom is -0.349 e. The molecule has 1 heterocycles. The molecule has 5 amide bonds. The van der Waals surface area contributed by atoms with E-state index in [2.05, 4.69) is 39.0 Å². The van der Waals surface area contributed by atoms with Gasteiger partial charge in [0.05, 0.1) is 17.3 Å². The zero-order valence-electron chi connectivity index (χ0n) is 28.4. The van der Waals surface area contributed by atoms with Crippen LogP contribution in [0.1, 0.15) is 85.0 Å². The Hall–Kier alpha value is -4.02. The number of ketones is 1. The van der Waals surface area contributed by atoms with E-state index in [0.717, 1.165) is 25.5 Å². The average molecular weight is 684 g/mol. The van der Waals surface area contributed by atoms with E-state index in [0.29, 0.717) is 25.7 Å². The fourth-order valence-corrected chi connectivity index (χ4v) is 8.72. The highest BCUT2D eigenvalue weighted by atomic mass is 32.2. The van der Waals surface area contributed by atoms with E-state index in [1.807, 2.05) is 20.8 Å². The van der Waals surface area contributed by atoms with Crippen molar-refractivity contribution in [2.45, 2.75) is 108 Å². The summed E-state index contributed by atoms with van der Waals surface area (Å²) in [6.45, 7) is 5.72. The van der Waals surface area contributed by atoms with Crippen molar-refractivity contribution in [3.63, 3.8) is 0 Å². The molecular weight excluding hydrogens is 634 g/mol. The molecule has 13 heteroatoms. The van der Waals surface area contributed by atoms with Crippen LogP contribution in [0.25, 0.3) is 0 Å². The van der Waals surface area contributed by atoms with E-state index in [1.54, 1.807) is 0 Å². The van der Waals surface area contributed by atoms with Crippen molar-refractivity contribution in [3.05, 3.63) is 0 Å². The molecule has 0 aromatic rings. The molecule has 1 aliphatic heterocycles. The summed E-state index contributed by atoms with van der Waals surface area (Å²) >= 11 is 0. The zero-order chi connectivity index (χ0) is 35.9. The smallest absolute Gasteiger partial charge is 0.316 e. The number of Topliss-reactive ketones (excluding diaryl/α,β-unsaturated/α-hetero) is 1. The van der Waals surface area contributed by atoms with Gasteiger partial charge in [-0.3, -0.25) is 19.2 Å². The van der Waals surface area contributed by atoms with E-state index in [4.69, 9.17) is 19.3 Å². The van der Waals surface area contributed by atoms with Gasteiger partial charge in [-0.1, -0.05) is 40.0 Å². The molecule has 0 spiro atoms. The third kappa shape index (κ3) is 8.52. The number of likely N-dealkylation sites (tertiary alicyclic amines) is 1. The Kier molecular flexibility index (Phi) is 12.4. The van der Waals surface area contributed by atoms with Gasteiger partial charge >= 0.3 is 6.03 Å². The minimum atomic E-state index is -3.43. The molecule has 2 unspecified atom stereocenters. The summed E-state index contributed by atoms with van der Waals surface area (Å²) in [7, 11) is -3.43. The number of carbonyl (C=O) groups excluding carboxylic acids is 5. The lowest BCUT2D eigenvalue weighted by Crippen LogP contribution is -2.63. The third-order valence-electron chi connectivity index (χ3n) is 10.4. The Morgan fingerprint density at radius 2 is 1.60 bits per heavy atom. The maximum atomic E-state index is 14.5. The van der Waals surface area contributed by atoms with Crippen molar-refractivity contribution in [1.29, 1.82) is 0 Å². The zero-order valence-corrected chi connectivity index (χ0v) is 29.3. The first-order valence-corrected chi connectivity index (χ1v) is 18.6. The standard InChI is InChI=1S/C35H49N5O7S/c1-8-11-16-20-36-30(43)28(41)26(17-12-9-2)37-29(42)27-21-25(10-3)22-40(27)31(44)35(24(4)33(35,5)6)39-32(45)38-34(23-48(7,46)47)18-14-13-15-19-34/h1-3,24-27H,11-23H2,4-7H3,(H,36,43)(H,37,42)(H2,38,39,45)/t24-,25-,26?,27+,35?/m1/s1. The normalized spacial score (nSPS) is 26.0. The van der Waals surface area contributed by atoms with Crippen molar-refractivity contribution in [2.24, 2.45) is 17.3 Å². The van der Waals surface area contributed by atoms with Gasteiger partial charge in [0.25, 0.3) is 5.91 Å². The Bertz CT molecular complexity index is 1510. The number of amides is 5. The molecular formula is C35H49N5O7S. The second-order valence-electron chi connectivity index (χ2n) is 14.0. The molecule has 2 aliphatic carbocycles. The first-order chi connectivity index (χ1) is 22.5. The van der Waals surface area contributed by atoms with Crippen LogP contribution in [0, 0.1) is 54.3 Å². The van der Waals surface area contributed by atoms with E-state index in [-0.39, 0.29) is 44.0 Å². The number of carbonyl (C=O) groups is 5. The summed E-state index contributed by atoms with van der Waals surface area (Å²) in [5, 5.41) is 11.0. The Balaban J connectivity index is 1.84. The maximum absolute atomic E-state index is 14.5. The lowest BCUT2D eigenvalue weighted by molar-refractivity contribution is -0.143. The van der Waals surface area contributed by atoms with Gasteiger partial charge in [-0.2, -0.15) is 0 Å². The second-order valence-corrected chi connectivity index (χ2v) is 16.2. The van der Waals surface area contributed by atoms with Gasteiger partial charge in [0.15, 0.2) is 0 Å². The maximum Gasteiger partial charge on any atom is 0.316 e. The van der Waals surface area contributed by atoms with Crippen LogP contribution in [0.5, 0.6) is 0 Å². The minimum absolute atomic E-state index is 0.00302. The first kappa shape index (κ1) is 38.4. The summed E-state index contributed by atoms with van der Waals surface area (Å²) in [6.07, 6.45) is 22.1. The number of sulfone groups is 1. The molecule has 0 aromatic heterocycles. The fourth-order valence-electron chi connectivity index (χ4n) is 7.35. The number of urea groups is 1. The van der Waals surface area contributed by atoms with Crippen LogP contribution in [0.3, 0.4) is 0 Å². The SMILES string of the molecule is C#CCCCNC(=O)C(=O)C(CCC#C)NC(=O)[C@@H]1C[C@@H](C#C)CN1C(=O)C1(NC(=O)NC2(CS(C)(=O)=O)CCCCC2)[C@H](C)C1(C)C. The molecule has 0 radical (unpaired) electrons. The quantitative estimate of drug-likeness (QED) is 0.121. The van der Waals surface area contributed by atoms with Crippen LogP contribution >= 0.6 is 0 Å². The first-order valence-electron chi connectivity index (χ1n) is 16.5. The summed E-state index contributed by atoms with van der Waals surface area (Å²) in [4.78, 5) is 68.9. The molecule has 4 N–H and O–H groups in total. The number of rotatable bonds is 14. The second kappa shape index (κ2) is 15.5. The van der Waals surface area contributed by atoms with Gasteiger partial charge in [-0.25, -0.2) is 13.2 Å². The van der Waals surface area contributed by atoms with Crippen molar-refractivity contribution >= 4 is 39.4 Å². The monoisotopic (exact) mass is 683 g/mol. The molecule has 1 saturated heterocycles. The molecule has 262 valence electrons. The molecule has 2 saturated carbocycles. The van der Waals surface area contributed by atoms with Crippen LogP contribution in [0.15, 0.2) is 0 Å². The van der Waals surface area contributed by atoms with Crippen molar-refractivity contribution < 1.29 is 32.4 Å². The largest absolute Gasteiger partial charge is 0.349 e. The topological polar surface area (TPSA) is 171 Å². The summed E-state index contributed by atoms with van der Waals surface area (Å²) < 4.78 is 24.6. The van der Waals surface area contributed by atoms with Crippen molar-refractivity contribution in [1.82, 2.24) is 26.2 Å². The van der Waals surface area contributed by atoms with E-state index in [9.17, 15) is 32.4 Å². The lowest BCUT2D eigenvalue weighted by Gasteiger charge is -2.38. The van der Waals surface area contributed by atoms with Gasteiger partial charge in [0, 0.05) is 43.5 Å². The summed E-state index contributed by atoms with van der Waals surface area (Å²) in [5.74, 6) is 3.50. The van der Waals surface area contributed by atoms with Crippen LogP contribution in [-0.2, 0) is 29.0 Å². The summed E-state index contributed by atoms with van der Waals surface area (Å²) in [5.41, 5.74) is -3.10. The van der Waals surface area contributed by atoms with Crippen LogP contribution in [-0.4, -0.2) is 91.1 Å². The van der Waals surface area contributed by atoms with E-state index >= 15 is 0 Å². The highest BCUT2D eigenvalue weighted by Gasteiger charge is 2.75. The number of hydrogen-bond donors (Lipinski definition) is 4. The highest BCUT2D eigenvalue weighted by molar-refractivity contribution is 7.90. The van der Waals surface area contributed by atoms with E-state index < -0.39 is 73.9 Å². The molecule has 12 nitrogen and oxygen atoms in total. The van der Waals surface area contributed by atoms with Crippen LogP contribution in [0.4, 0.5) is 4.79 Å². The molecule has 0 aromatic carbocycles. The number of nitrogens with zero attached hydrogens (tertiary/aromatic N) is 1. The van der Waals surface area contributed by atoms with Gasteiger partial charge < -0.3 is 26.2 Å². The van der Waals surface area contributed by atoms with Gasteiger partial charge in [-0.05, 0) is 38.0 Å². The predicted octanol–water partition coefficient (Wildman–Crippen LogP) is 1.30. The number of nitrogens with one attached hydrogen (secondary N) is 4. The predicted molar refractivity (Wildman–Crippen MR) is 181 cm³/mol. The Morgan fingerprint density at radius 3 is 2.15 bits per heavy atom. The number of unbranched alkanes of at least 4 members (excludes halogenated alkanes) is 1. The molecule has 48 heavy (non-hydrogen) atoms.